The number of hydrogen-bond acceptors (Lipinski definition) is 5. The minimum atomic E-state index is -4.60. The Morgan fingerprint density at radius 2 is 1.42 bits per heavy atom. The molecule has 0 fully saturated rings. The Kier molecular flexibility index (Phi) is 11.0. The first-order valence-electron chi connectivity index (χ1n) is 19.0. The molecule has 2 aromatic heterocycles. The van der Waals surface area contributed by atoms with E-state index in [1.165, 1.54) is 23.9 Å². The molecule has 14 heteroatoms. The molecule has 1 aliphatic rings. The van der Waals surface area contributed by atoms with Gasteiger partial charge in [-0.3, -0.25) is 14.6 Å². The fraction of sp³-hybridized carbons (Fsp3) is 0.174. The number of fused-ring (bicyclic) bond motifs is 4. The van der Waals surface area contributed by atoms with E-state index < -0.39 is 41.7 Å². The molecule has 0 spiro atoms. The Bertz CT molecular complexity index is 2650. The van der Waals surface area contributed by atoms with Gasteiger partial charge in [-0.25, -0.2) is 4.98 Å². The predicted octanol–water partition coefficient (Wildman–Crippen LogP) is 11.1. The van der Waals surface area contributed by atoms with Gasteiger partial charge in [-0.15, -0.1) is 0 Å². The average molecular weight is 836 g/mol. The Labute approximate surface area is 344 Å². The van der Waals surface area contributed by atoms with E-state index in [0.29, 0.717) is 57.3 Å². The van der Waals surface area contributed by atoms with Gasteiger partial charge in [0.2, 0.25) is 5.91 Å². The van der Waals surface area contributed by atoms with Crippen molar-refractivity contribution in [1.82, 2.24) is 19.9 Å². The van der Waals surface area contributed by atoms with Crippen LogP contribution in [0.15, 0.2) is 145 Å². The molecular weight excluding hydrogens is 801 g/mol. The largest absolute Gasteiger partial charge is 0.416 e. The molecule has 60 heavy (non-hydrogen) atoms. The molecule has 2 N–H and O–H groups in total. The lowest BCUT2D eigenvalue weighted by atomic mass is 9.73. The van der Waals surface area contributed by atoms with Crippen molar-refractivity contribution in [2.24, 2.45) is 0 Å². The second-order valence-corrected chi connectivity index (χ2v) is 15.3. The number of halogens is 6. The quantitative estimate of drug-likeness (QED) is 0.0945. The van der Waals surface area contributed by atoms with Crippen molar-refractivity contribution in [2.75, 3.05) is 11.9 Å². The van der Waals surface area contributed by atoms with E-state index in [1.807, 2.05) is 59.2 Å². The van der Waals surface area contributed by atoms with E-state index in [0.717, 1.165) is 34.3 Å². The van der Waals surface area contributed by atoms with Gasteiger partial charge in [0.25, 0.3) is 5.91 Å². The van der Waals surface area contributed by atoms with Crippen LogP contribution in [0.3, 0.4) is 0 Å². The summed E-state index contributed by atoms with van der Waals surface area (Å²) < 4.78 is 82.1. The number of aromatic nitrogens is 3. The number of carbonyl (C=O) groups is 2. The van der Waals surface area contributed by atoms with E-state index >= 15 is 0 Å². The summed E-state index contributed by atoms with van der Waals surface area (Å²) in [7, 11) is 0. The molecule has 0 atom stereocenters. The topological polar surface area (TPSA) is 88.9 Å². The molecule has 1 aliphatic carbocycles. The molecule has 2 heterocycles. The van der Waals surface area contributed by atoms with Crippen molar-refractivity contribution in [1.29, 1.82) is 0 Å². The van der Waals surface area contributed by atoms with E-state index in [1.54, 1.807) is 60.9 Å². The van der Waals surface area contributed by atoms with Gasteiger partial charge in [-0.1, -0.05) is 96.7 Å². The van der Waals surface area contributed by atoms with Gasteiger partial charge in [0, 0.05) is 35.9 Å². The molecule has 0 aliphatic heterocycles. The van der Waals surface area contributed by atoms with Gasteiger partial charge in [-0.05, 0) is 94.3 Å². The average Bonchev–Trinajstić information content (AvgIpc) is 3.74. The van der Waals surface area contributed by atoms with Crippen LogP contribution in [0, 0.1) is 0 Å². The highest BCUT2D eigenvalue weighted by Gasteiger charge is 2.49. The summed E-state index contributed by atoms with van der Waals surface area (Å²) >= 11 is 1.47. The van der Waals surface area contributed by atoms with Gasteiger partial charge < -0.3 is 15.2 Å². The normalized spacial score (nSPS) is 13.2. The van der Waals surface area contributed by atoms with Gasteiger partial charge in [-0.2, -0.15) is 26.3 Å². The van der Waals surface area contributed by atoms with Crippen LogP contribution in [-0.2, 0) is 28.7 Å². The van der Waals surface area contributed by atoms with Crippen molar-refractivity contribution in [2.45, 2.75) is 48.1 Å². The van der Waals surface area contributed by atoms with Crippen LogP contribution in [-0.4, -0.2) is 39.1 Å². The number of benzene rings is 5. The number of amides is 2. The molecule has 0 saturated carbocycles. The van der Waals surface area contributed by atoms with E-state index in [4.69, 9.17) is 4.98 Å². The molecule has 5 aromatic carbocycles. The van der Waals surface area contributed by atoms with Crippen LogP contribution < -0.4 is 10.6 Å². The maximum atomic E-state index is 14.1. The maximum Gasteiger partial charge on any atom is 0.416 e. The van der Waals surface area contributed by atoms with E-state index in [-0.39, 0.29) is 12.0 Å². The van der Waals surface area contributed by atoms with Crippen LogP contribution in [0.25, 0.3) is 33.3 Å². The van der Waals surface area contributed by atoms with Crippen molar-refractivity contribution in [3.8, 4) is 22.3 Å². The number of rotatable bonds is 12. The molecule has 7 aromatic rings. The lowest BCUT2D eigenvalue weighted by Crippen LogP contribution is -2.47. The summed E-state index contributed by atoms with van der Waals surface area (Å²) in [5.41, 5.74) is 4.57. The van der Waals surface area contributed by atoms with Crippen molar-refractivity contribution in [3.05, 3.63) is 168 Å². The standard InChI is InChI=1S/C46H35F6N5O2S/c47-45(48,49)28-54-42(59)44(37-14-5-3-11-34(37)35-12-4-6-15-38(35)44)22-8-24-57-40-21-20-32(25-39(40)56-43(57)60-27-29-9-7-23-53-26-29)55-41(58)36-13-2-1-10-33(36)30-16-18-31(19-17-30)46(50,51)52/h1-7,9-21,23,25-26H,8,22,24,27-28H2,(H,54,59)(H,55,58). The second kappa shape index (κ2) is 16.3. The number of alkyl halides is 6. The maximum absolute atomic E-state index is 14.1. The fourth-order valence-corrected chi connectivity index (χ4v) is 8.87. The van der Waals surface area contributed by atoms with Crippen LogP contribution >= 0.6 is 11.8 Å². The fourth-order valence-electron chi connectivity index (χ4n) is 7.90. The molecule has 8 rings (SSSR count). The molecule has 0 saturated heterocycles. The third-order valence-corrected chi connectivity index (χ3v) is 11.6. The first kappa shape index (κ1) is 40.4. The molecule has 0 bridgehead atoms. The number of nitrogens with one attached hydrogen (secondary N) is 2. The van der Waals surface area contributed by atoms with Crippen LogP contribution in [0.2, 0.25) is 0 Å². The smallest absolute Gasteiger partial charge is 0.346 e. The molecule has 0 radical (unpaired) electrons. The second-order valence-electron chi connectivity index (χ2n) is 14.4. The first-order valence-corrected chi connectivity index (χ1v) is 19.9. The van der Waals surface area contributed by atoms with Crippen molar-refractivity contribution >= 4 is 40.3 Å². The van der Waals surface area contributed by atoms with Crippen molar-refractivity contribution < 1.29 is 35.9 Å². The summed E-state index contributed by atoms with van der Waals surface area (Å²) in [6, 6.07) is 35.0. The SMILES string of the molecule is O=C(Nc1ccc2c(c1)nc(SCc1cccnc1)n2CCCC1(C(=O)NCC(F)(F)F)c2ccccc2-c2ccccc21)c1ccccc1-c1ccc(C(F)(F)F)cc1. The Balaban J connectivity index is 1.10. The van der Waals surface area contributed by atoms with Crippen LogP contribution in [0.4, 0.5) is 32.0 Å². The lowest BCUT2D eigenvalue weighted by molar-refractivity contribution is -0.141. The van der Waals surface area contributed by atoms with Gasteiger partial charge in [0.15, 0.2) is 5.16 Å². The Morgan fingerprint density at radius 1 is 0.750 bits per heavy atom. The number of hydrogen-bond donors (Lipinski definition) is 2. The highest BCUT2D eigenvalue weighted by molar-refractivity contribution is 7.98. The Morgan fingerprint density at radius 3 is 2.07 bits per heavy atom. The van der Waals surface area contributed by atoms with E-state index in [2.05, 4.69) is 15.6 Å². The molecular formula is C46H35F6N5O2S. The third-order valence-electron chi connectivity index (χ3n) is 10.6. The summed E-state index contributed by atoms with van der Waals surface area (Å²) in [6.07, 6.45) is -5.07. The summed E-state index contributed by atoms with van der Waals surface area (Å²) in [6.45, 7) is -1.10. The number of pyridine rings is 1. The molecule has 0 unspecified atom stereocenters. The minimum Gasteiger partial charge on any atom is -0.346 e. The summed E-state index contributed by atoms with van der Waals surface area (Å²) in [4.78, 5) is 37.0. The number of nitrogens with zero attached hydrogens (tertiary/aromatic N) is 3. The first-order chi connectivity index (χ1) is 28.8. The number of carbonyl (C=O) groups excluding carboxylic acids is 2. The van der Waals surface area contributed by atoms with Crippen molar-refractivity contribution in [3.63, 3.8) is 0 Å². The zero-order valence-corrected chi connectivity index (χ0v) is 32.5. The number of aryl methyl sites for hydroxylation is 1. The highest BCUT2D eigenvalue weighted by atomic mass is 32.2. The van der Waals surface area contributed by atoms with Crippen LogP contribution in [0.1, 0.15) is 45.5 Å². The Hall–Kier alpha value is -6.41. The number of anilines is 1. The molecule has 304 valence electrons. The minimum absolute atomic E-state index is 0.198. The van der Waals surface area contributed by atoms with Gasteiger partial charge in [0.05, 0.1) is 16.6 Å². The van der Waals surface area contributed by atoms with Gasteiger partial charge in [0.1, 0.15) is 12.0 Å². The van der Waals surface area contributed by atoms with Crippen LogP contribution in [0.5, 0.6) is 0 Å². The monoisotopic (exact) mass is 835 g/mol. The highest BCUT2D eigenvalue weighted by Crippen LogP contribution is 2.51. The summed E-state index contributed by atoms with van der Waals surface area (Å²) in [5, 5.41) is 5.76. The van der Waals surface area contributed by atoms with E-state index in [9.17, 15) is 35.9 Å². The summed E-state index contributed by atoms with van der Waals surface area (Å²) in [5.74, 6) is -0.660. The van der Waals surface area contributed by atoms with Gasteiger partial charge >= 0.3 is 12.4 Å². The number of imidazole rings is 1. The molecule has 2 amide bonds. The predicted molar refractivity (Wildman–Crippen MR) is 219 cm³/mol. The molecule has 7 nitrogen and oxygen atoms in total. The zero-order chi connectivity index (χ0) is 42.1. The zero-order valence-electron chi connectivity index (χ0n) is 31.6. The lowest BCUT2D eigenvalue weighted by Gasteiger charge is -2.31. The number of thioether (sulfide) groups is 1. The third kappa shape index (κ3) is 8.11.